The van der Waals surface area contributed by atoms with E-state index in [0.717, 1.165) is 16.7 Å². The Morgan fingerprint density at radius 2 is 1.49 bits per heavy atom. The van der Waals surface area contributed by atoms with Crippen molar-refractivity contribution in [3.05, 3.63) is 160 Å². The Labute approximate surface area is 249 Å². The predicted molar refractivity (Wildman–Crippen MR) is 166 cm³/mol. The molecule has 4 aromatic carbocycles. The number of carbonyl (C=O) groups is 1. The highest BCUT2D eigenvalue weighted by atomic mass is 16.6. The zero-order chi connectivity index (χ0) is 29.6. The van der Waals surface area contributed by atoms with Crippen LogP contribution in [0.25, 0.3) is 0 Å². The minimum Gasteiger partial charge on any atom is -0.399 e. The van der Waals surface area contributed by atoms with Gasteiger partial charge in [-0.05, 0) is 59.9 Å². The van der Waals surface area contributed by atoms with Gasteiger partial charge in [0.05, 0.1) is 12.7 Å². The molecule has 2 heterocycles. The first-order valence-corrected chi connectivity index (χ1v) is 14.2. The van der Waals surface area contributed by atoms with E-state index in [1.54, 1.807) is 36.5 Å². The van der Waals surface area contributed by atoms with Crippen LogP contribution in [-0.2, 0) is 15.1 Å². The van der Waals surface area contributed by atoms with E-state index in [9.17, 15) is 9.59 Å². The van der Waals surface area contributed by atoms with Crippen LogP contribution in [0.2, 0.25) is 0 Å². The molecule has 0 bridgehead atoms. The highest BCUT2D eigenvalue weighted by Gasteiger charge is 2.39. The molecule has 0 unspecified atom stereocenters. The first-order valence-electron chi connectivity index (χ1n) is 14.2. The van der Waals surface area contributed by atoms with Crippen molar-refractivity contribution in [2.75, 3.05) is 17.7 Å². The van der Waals surface area contributed by atoms with Crippen molar-refractivity contribution in [3.8, 4) is 0 Å². The van der Waals surface area contributed by atoms with Gasteiger partial charge in [-0.1, -0.05) is 91.0 Å². The zero-order valence-corrected chi connectivity index (χ0v) is 23.5. The van der Waals surface area contributed by atoms with Gasteiger partial charge in [0.1, 0.15) is 17.6 Å². The van der Waals surface area contributed by atoms with Crippen molar-refractivity contribution >= 4 is 17.4 Å². The van der Waals surface area contributed by atoms with Gasteiger partial charge in [0.15, 0.2) is 0 Å². The third-order valence-corrected chi connectivity index (χ3v) is 7.64. The molecule has 1 aliphatic rings. The van der Waals surface area contributed by atoms with Crippen molar-refractivity contribution in [1.82, 2.24) is 9.55 Å². The second kappa shape index (κ2) is 12.4. The molecule has 2 atom stereocenters. The second-order valence-corrected chi connectivity index (χ2v) is 10.5. The molecule has 1 aromatic heterocycles. The Balaban J connectivity index is 1.22. The minimum absolute atomic E-state index is 0.186. The zero-order valence-electron chi connectivity index (χ0n) is 23.5. The van der Waals surface area contributed by atoms with Gasteiger partial charge in [0.25, 0.3) is 5.91 Å². The lowest BCUT2D eigenvalue weighted by atomic mass is 9.80. The molecule has 1 fully saturated rings. The van der Waals surface area contributed by atoms with Crippen LogP contribution in [0.15, 0.2) is 132 Å². The Kier molecular flexibility index (Phi) is 8.13. The highest BCUT2D eigenvalue weighted by molar-refractivity contribution is 6.03. The number of nitrogens with one attached hydrogen (secondary N) is 1. The second-order valence-electron chi connectivity index (χ2n) is 10.5. The molecular weight excluding hydrogens is 540 g/mol. The first kappa shape index (κ1) is 28.1. The van der Waals surface area contributed by atoms with Crippen LogP contribution >= 0.6 is 0 Å². The Hall–Kier alpha value is -5.05. The van der Waals surface area contributed by atoms with Crippen LogP contribution in [0.3, 0.4) is 0 Å². The standard InChI is InChI=1S/C35H32N4O4/c36-29-18-10-17-28(23-29)35(26-13-6-2-7-14-26,27-15-8-3-9-16-27)42-24-30-19-20-32(43-30)39-22-21-31(38-34(39)41)37-33(40)25-11-4-1-5-12-25/h1-18,21-23,30,32H,19-20,24,36H2,(H,37,38,40,41)/t30-,32+/m0/s1. The number of aromatic nitrogens is 2. The molecule has 5 aromatic rings. The predicted octanol–water partition coefficient (Wildman–Crippen LogP) is 5.76. The third kappa shape index (κ3) is 5.97. The molecule has 1 amide bonds. The summed E-state index contributed by atoms with van der Waals surface area (Å²) in [5.74, 6) is -0.148. The molecule has 0 aliphatic carbocycles. The Bertz CT molecular complexity index is 1700. The summed E-state index contributed by atoms with van der Waals surface area (Å²) in [4.78, 5) is 29.5. The molecule has 1 aliphatic heterocycles. The van der Waals surface area contributed by atoms with Crippen LogP contribution in [0.5, 0.6) is 0 Å². The number of carbonyl (C=O) groups excluding carboxylic acids is 1. The smallest absolute Gasteiger partial charge is 0.351 e. The fraction of sp³-hybridized carbons (Fsp3) is 0.171. The third-order valence-electron chi connectivity index (χ3n) is 7.64. The van der Waals surface area contributed by atoms with Gasteiger partial charge >= 0.3 is 5.69 Å². The molecule has 0 spiro atoms. The molecule has 6 rings (SSSR count). The van der Waals surface area contributed by atoms with E-state index in [0.29, 0.717) is 24.1 Å². The van der Waals surface area contributed by atoms with Gasteiger partial charge in [-0.3, -0.25) is 9.36 Å². The van der Waals surface area contributed by atoms with Crippen LogP contribution in [0, 0.1) is 0 Å². The number of nitrogens with two attached hydrogens (primary N) is 1. The van der Waals surface area contributed by atoms with E-state index in [-0.39, 0.29) is 24.4 Å². The average Bonchev–Trinajstić information content (AvgIpc) is 3.52. The van der Waals surface area contributed by atoms with E-state index in [2.05, 4.69) is 34.6 Å². The van der Waals surface area contributed by atoms with E-state index >= 15 is 0 Å². The number of ether oxygens (including phenoxy) is 2. The lowest BCUT2D eigenvalue weighted by molar-refractivity contribution is -0.0773. The maximum Gasteiger partial charge on any atom is 0.351 e. The molecule has 1 saturated heterocycles. The number of amides is 1. The van der Waals surface area contributed by atoms with Gasteiger partial charge in [-0.25, -0.2) is 4.79 Å². The molecular formula is C35H32N4O4. The van der Waals surface area contributed by atoms with Gasteiger partial charge < -0.3 is 20.5 Å². The van der Waals surface area contributed by atoms with Gasteiger partial charge in [-0.2, -0.15) is 4.98 Å². The van der Waals surface area contributed by atoms with Crippen LogP contribution < -0.4 is 16.7 Å². The summed E-state index contributed by atoms with van der Waals surface area (Å²) in [5, 5.41) is 2.68. The Morgan fingerprint density at radius 3 is 2.12 bits per heavy atom. The summed E-state index contributed by atoms with van der Waals surface area (Å²) < 4.78 is 14.7. The van der Waals surface area contributed by atoms with Crippen molar-refractivity contribution in [1.29, 1.82) is 0 Å². The van der Waals surface area contributed by atoms with Crippen LogP contribution in [-0.4, -0.2) is 28.2 Å². The topological polar surface area (TPSA) is 108 Å². The van der Waals surface area contributed by atoms with Gasteiger partial charge in [0.2, 0.25) is 0 Å². The highest BCUT2D eigenvalue weighted by Crippen LogP contribution is 2.42. The van der Waals surface area contributed by atoms with Crippen molar-refractivity contribution in [2.24, 2.45) is 0 Å². The van der Waals surface area contributed by atoms with Crippen molar-refractivity contribution in [3.63, 3.8) is 0 Å². The SMILES string of the molecule is Nc1cccc(C(OC[C@@H]2CC[C@H](n3ccc(NC(=O)c4ccccc4)nc3=O)O2)(c2ccccc2)c2ccccc2)c1. The monoisotopic (exact) mass is 572 g/mol. The molecule has 43 heavy (non-hydrogen) atoms. The lowest BCUT2D eigenvalue weighted by Gasteiger charge is -2.37. The lowest BCUT2D eigenvalue weighted by Crippen LogP contribution is -2.36. The quantitative estimate of drug-likeness (QED) is 0.172. The molecule has 8 heteroatoms. The summed E-state index contributed by atoms with van der Waals surface area (Å²) in [6.45, 7) is 0.280. The maximum atomic E-state index is 12.9. The van der Waals surface area contributed by atoms with Crippen LogP contribution in [0.1, 0.15) is 46.1 Å². The number of hydrogen-bond donors (Lipinski definition) is 2. The van der Waals surface area contributed by atoms with Crippen molar-refractivity contribution < 1.29 is 14.3 Å². The Morgan fingerprint density at radius 1 is 0.860 bits per heavy atom. The number of benzene rings is 4. The van der Waals surface area contributed by atoms with E-state index in [1.165, 1.54) is 4.57 Å². The summed E-state index contributed by atoms with van der Waals surface area (Å²) in [6.07, 6.45) is 2.16. The molecule has 0 saturated carbocycles. The molecule has 216 valence electrons. The van der Waals surface area contributed by atoms with Crippen molar-refractivity contribution in [2.45, 2.75) is 30.8 Å². The van der Waals surface area contributed by atoms with Gasteiger partial charge in [0, 0.05) is 17.4 Å². The number of hydrogen-bond acceptors (Lipinski definition) is 6. The number of nitrogens with zero attached hydrogens (tertiary/aromatic N) is 2. The van der Waals surface area contributed by atoms with E-state index in [1.807, 2.05) is 66.7 Å². The number of anilines is 2. The molecule has 0 radical (unpaired) electrons. The fourth-order valence-electron chi connectivity index (χ4n) is 5.56. The largest absolute Gasteiger partial charge is 0.399 e. The minimum atomic E-state index is -0.934. The summed E-state index contributed by atoms with van der Waals surface area (Å²) >= 11 is 0. The number of nitrogen functional groups attached to an aromatic ring is 1. The van der Waals surface area contributed by atoms with Gasteiger partial charge in [-0.15, -0.1) is 0 Å². The first-order chi connectivity index (χ1) is 21.0. The average molecular weight is 573 g/mol. The summed E-state index contributed by atoms with van der Waals surface area (Å²) in [7, 11) is 0. The molecule has 3 N–H and O–H groups in total. The van der Waals surface area contributed by atoms with E-state index in [4.69, 9.17) is 15.2 Å². The summed E-state index contributed by atoms with van der Waals surface area (Å²) in [6, 6.07) is 38.3. The van der Waals surface area contributed by atoms with Crippen LogP contribution in [0.4, 0.5) is 11.5 Å². The number of rotatable bonds is 9. The summed E-state index contributed by atoms with van der Waals surface area (Å²) in [5.41, 5.74) is 8.79. The maximum absolute atomic E-state index is 12.9. The molecule has 8 nitrogen and oxygen atoms in total. The normalized spacial score (nSPS) is 16.6. The fourth-order valence-corrected chi connectivity index (χ4v) is 5.56. The van der Waals surface area contributed by atoms with E-state index < -0.39 is 17.5 Å².